The van der Waals surface area contributed by atoms with E-state index >= 15 is 0 Å². The average Bonchev–Trinajstić information content (AvgIpc) is 3.01. The highest BCUT2D eigenvalue weighted by Gasteiger charge is 2.49. The SMILES string of the molecule is CC(=O)NCCS(=O)(=O)N1C2CCC1CC([C@@H](Cc1cc(F)c(F)cc1F)N[S+]([O-])C(C)(C)C)C2. The quantitative estimate of drug-likeness (QED) is 0.373. The van der Waals surface area contributed by atoms with Crippen molar-refractivity contribution >= 4 is 27.3 Å². The van der Waals surface area contributed by atoms with Crippen LogP contribution < -0.4 is 10.0 Å². The van der Waals surface area contributed by atoms with Crippen molar-refractivity contribution in [3.8, 4) is 0 Å². The Morgan fingerprint density at radius 2 is 1.71 bits per heavy atom. The highest BCUT2D eigenvalue weighted by molar-refractivity contribution is 7.90. The smallest absolute Gasteiger partial charge is 0.216 e. The molecule has 1 aromatic carbocycles. The molecule has 4 atom stereocenters. The Bertz CT molecular complexity index is 1020. The molecule has 3 unspecified atom stereocenters. The summed E-state index contributed by atoms with van der Waals surface area (Å²) in [4.78, 5) is 11.1. The first-order chi connectivity index (χ1) is 16.2. The Labute approximate surface area is 208 Å². The van der Waals surface area contributed by atoms with Gasteiger partial charge in [0.25, 0.3) is 0 Å². The summed E-state index contributed by atoms with van der Waals surface area (Å²) in [6.45, 7) is 6.73. The van der Waals surface area contributed by atoms with Crippen molar-refractivity contribution in [2.24, 2.45) is 5.92 Å². The normalized spacial score (nSPS) is 24.9. The van der Waals surface area contributed by atoms with Crippen LogP contribution in [-0.4, -0.2) is 58.4 Å². The van der Waals surface area contributed by atoms with Gasteiger partial charge in [0.1, 0.15) is 10.6 Å². The van der Waals surface area contributed by atoms with Crippen LogP contribution in [0, 0.1) is 23.4 Å². The highest BCUT2D eigenvalue weighted by Crippen LogP contribution is 2.42. The Kier molecular flexibility index (Phi) is 8.84. The number of halogens is 3. The number of carbonyl (C=O) groups excluding carboxylic acids is 1. The van der Waals surface area contributed by atoms with Gasteiger partial charge < -0.3 is 9.87 Å². The number of benzene rings is 1. The van der Waals surface area contributed by atoms with E-state index in [0.29, 0.717) is 31.7 Å². The Hall–Kier alpha value is -1.34. The molecule has 0 spiro atoms. The predicted octanol–water partition coefficient (Wildman–Crippen LogP) is 2.78. The number of carbonyl (C=O) groups is 1. The van der Waals surface area contributed by atoms with Gasteiger partial charge in [0.15, 0.2) is 11.6 Å². The van der Waals surface area contributed by atoms with Crippen LogP contribution in [0.2, 0.25) is 0 Å². The Morgan fingerprint density at radius 1 is 1.14 bits per heavy atom. The van der Waals surface area contributed by atoms with Gasteiger partial charge in [0.2, 0.25) is 15.9 Å². The molecule has 7 nitrogen and oxygen atoms in total. The maximum Gasteiger partial charge on any atom is 0.216 e. The van der Waals surface area contributed by atoms with Gasteiger partial charge in [-0.1, -0.05) is 0 Å². The van der Waals surface area contributed by atoms with E-state index in [2.05, 4.69) is 10.0 Å². The van der Waals surface area contributed by atoms with Gasteiger partial charge in [0.05, 0.1) is 11.8 Å². The maximum atomic E-state index is 14.5. The number of hydrogen-bond donors (Lipinski definition) is 2. The molecule has 2 N–H and O–H groups in total. The van der Waals surface area contributed by atoms with Crippen molar-refractivity contribution in [1.29, 1.82) is 0 Å². The minimum absolute atomic E-state index is 0.00968. The van der Waals surface area contributed by atoms with Crippen LogP contribution in [0.5, 0.6) is 0 Å². The van der Waals surface area contributed by atoms with Crippen LogP contribution in [0.25, 0.3) is 0 Å². The molecule has 3 rings (SSSR count). The lowest BCUT2D eigenvalue weighted by atomic mass is 9.83. The second kappa shape index (κ2) is 11.0. The molecule has 1 amide bonds. The molecule has 0 saturated carbocycles. The van der Waals surface area contributed by atoms with Crippen molar-refractivity contribution in [2.75, 3.05) is 12.3 Å². The van der Waals surface area contributed by atoms with E-state index in [4.69, 9.17) is 0 Å². The maximum absolute atomic E-state index is 14.5. The number of sulfonamides is 1. The number of nitrogens with one attached hydrogen (secondary N) is 2. The monoisotopic (exact) mass is 537 g/mol. The van der Waals surface area contributed by atoms with E-state index in [1.165, 1.54) is 6.92 Å². The summed E-state index contributed by atoms with van der Waals surface area (Å²) in [5, 5.41) is 2.51. The molecule has 2 bridgehead atoms. The average molecular weight is 538 g/mol. The van der Waals surface area contributed by atoms with Crippen molar-refractivity contribution in [1.82, 2.24) is 14.3 Å². The van der Waals surface area contributed by atoms with Gasteiger partial charge in [-0.05, 0) is 70.4 Å². The molecule has 2 aliphatic heterocycles. The first kappa shape index (κ1) is 28.2. The highest BCUT2D eigenvalue weighted by atomic mass is 32.2. The van der Waals surface area contributed by atoms with E-state index in [-0.39, 0.29) is 48.2 Å². The lowest BCUT2D eigenvalue weighted by Crippen LogP contribution is -2.54. The fourth-order valence-corrected chi connectivity index (χ4v) is 7.76. The molecule has 12 heteroatoms. The largest absolute Gasteiger partial charge is 0.598 e. The third-order valence-electron chi connectivity index (χ3n) is 6.67. The molecule has 2 fully saturated rings. The predicted molar refractivity (Wildman–Crippen MR) is 129 cm³/mol. The molecular weight excluding hydrogens is 503 g/mol. The van der Waals surface area contributed by atoms with Crippen molar-refractivity contribution < 1.29 is 30.9 Å². The van der Waals surface area contributed by atoms with Crippen LogP contribution in [-0.2, 0) is 32.6 Å². The molecule has 2 saturated heterocycles. The zero-order valence-corrected chi connectivity index (χ0v) is 22.1. The standard InChI is InChI=1S/C23H34F3N3O4S2/c1-14(30)27-7-8-35(32,33)29-17-5-6-18(29)10-16(9-17)22(28-34(31)23(2,3)4)12-15-11-20(25)21(26)13-19(15)24/h11,13,16-18,22,28H,5-10,12H2,1-4H3,(H,27,30)/t16?,17?,18?,22-,34?/m1/s1. The fourth-order valence-electron chi connectivity index (χ4n) is 5.00. The van der Waals surface area contributed by atoms with Gasteiger partial charge in [0, 0.05) is 43.0 Å². The second-order valence-electron chi connectivity index (χ2n) is 10.4. The van der Waals surface area contributed by atoms with Gasteiger partial charge in [-0.3, -0.25) is 4.79 Å². The van der Waals surface area contributed by atoms with Crippen LogP contribution >= 0.6 is 0 Å². The summed E-state index contributed by atoms with van der Waals surface area (Å²) < 4.78 is 84.7. The number of fused-ring (bicyclic) bond motifs is 2. The summed E-state index contributed by atoms with van der Waals surface area (Å²) in [5.74, 6) is -3.94. The van der Waals surface area contributed by atoms with Crippen LogP contribution in [0.4, 0.5) is 13.2 Å². The molecular formula is C23H34F3N3O4S2. The van der Waals surface area contributed by atoms with E-state index < -0.39 is 49.6 Å². The van der Waals surface area contributed by atoms with Gasteiger partial charge in [-0.25, -0.2) is 21.6 Å². The number of rotatable bonds is 9. The molecule has 0 radical (unpaired) electrons. The minimum Gasteiger partial charge on any atom is -0.598 e. The van der Waals surface area contributed by atoms with E-state index in [0.717, 1.165) is 6.07 Å². The summed E-state index contributed by atoms with van der Waals surface area (Å²) in [5.41, 5.74) is -0.0231. The second-order valence-corrected chi connectivity index (χ2v) is 14.4. The molecule has 0 aliphatic carbocycles. The van der Waals surface area contributed by atoms with Crippen LogP contribution in [0.3, 0.4) is 0 Å². The molecule has 2 heterocycles. The number of amides is 1. The molecule has 1 aromatic rings. The van der Waals surface area contributed by atoms with Crippen molar-refractivity contribution in [3.05, 3.63) is 35.1 Å². The number of piperidine rings is 1. The molecule has 2 aliphatic rings. The zero-order chi connectivity index (χ0) is 26.1. The first-order valence-electron chi connectivity index (χ1n) is 11.8. The third kappa shape index (κ3) is 6.91. The topological polar surface area (TPSA) is 102 Å². The molecule has 0 aromatic heterocycles. The van der Waals surface area contributed by atoms with Crippen LogP contribution in [0.15, 0.2) is 12.1 Å². The fraction of sp³-hybridized carbons (Fsp3) is 0.696. The molecule has 35 heavy (non-hydrogen) atoms. The Morgan fingerprint density at radius 3 is 2.26 bits per heavy atom. The summed E-state index contributed by atoms with van der Waals surface area (Å²) in [6.07, 6.45) is 2.29. The van der Waals surface area contributed by atoms with Crippen molar-refractivity contribution in [3.63, 3.8) is 0 Å². The Balaban J connectivity index is 1.81. The van der Waals surface area contributed by atoms with Gasteiger partial charge in [-0.15, -0.1) is 4.72 Å². The van der Waals surface area contributed by atoms with Crippen LogP contribution in [0.1, 0.15) is 58.9 Å². The third-order valence-corrected chi connectivity index (χ3v) is 10.3. The number of hydrogen-bond acceptors (Lipinski definition) is 5. The lowest BCUT2D eigenvalue weighted by molar-refractivity contribution is -0.118. The van der Waals surface area contributed by atoms with Crippen molar-refractivity contribution in [2.45, 2.75) is 82.7 Å². The van der Waals surface area contributed by atoms with Gasteiger partial charge in [-0.2, -0.15) is 4.31 Å². The van der Waals surface area contributed by atoms with E-state index in [9.17, 15) is 30.9 Å². The lowest BCUT2D eigenvalue weighted by Gasteiger charge is -2.41. The summed E-state index contributed by atoms with van der Waals surface area (Å²) in [6, 6.07) is 0.291. The summed E-state index contributed by atoms with van der Waals surface area (Å²) in [7, 11) is -3.60. The van der Waals surface area contributed by atoms with E-state index in [1.807, 2.05) is 0 Å². The minimum atomic E-state index is -3.60. The van der Waals surface area contributed by atoms with Gasteiger partial charge >= 0.3 is 0 Å². The number of nitrogens with zero attached hydrogens (tertiary/aromatic N) is 1. The first-order valence-corrected chi connectivity index (χ1v) is 14.5. The zero-order valence-electron chi connectivity index (χ0n) is 20.4. The molecule has 198 valence electrons. The van der Waals surface area contributed by atoms with E-state index in [1.54, 1.807) is 25.1 Å². The summed E-state index contributed by atoms with van der Waals surface area (Å²) >= 11 is -1.51.